The second kappa shape index (κ2) is 4.12. The summed E-state index contributed by atoms with van der Waals surface area (Å²) in [5.74, 6) is 0.530. The Kier molecular flexibility index (Phi) is 2.70. The van der Waals surface area contributed by atoms with Gasteiger partial charge in [-0.1, -0.05) is 17.7 Å². The molecule has 3 rings (SSSR count). The monoisotopic (exact) mass is 278 g/mol. The van der Waals surface area contributed by atoms with Crippen LogP contribution in [0, 0.1) is 0 Å². The zero-order valence-electron chi connectivity index (χ0n) is 9.68. The number of aliphatic hydroxyl groups is 1. The van der Waals surface area contributed by atoms with Gasteiger partial charge in [-0.05, 0) is 42.6 Å². The van der Waals surface area contributed by atoms with Crippen molar-refractivity contribution >= 4 is 33.9 Å². The topological polar surface area (TPSA) is 33.4 Å². The molecule has 1 unspecified atom stereocenters. The molecule has 1 atom stereocenters. The Morgan fingerprint density at radius 2 is 2.11 bits per heavy atom. The van der Waals surface area contributed by atoms with Gasteiger partial charge in [0.2, 0.25) is 0 Å². The van der Waals surface area contributed by atoms with Crippen LogP contribution >= 0.6 is 22.9 Å². The summed E-state index contributed by atoms with van der Waals surface area (Å²) in [6, 6.07) is 11.1. The molecule has 0 saturated heterocycles. The Labute approximate surface area is 113 Å². The molecule has 0 radical (unpaired) electrons. The van der Waals surface area contributed by atoms with Gasteiger partial charge in [-0.15, -0.1) is 11.3 Å². The van der Waals surface area contributed by atoms with Gasteiger partial charge in [0.05, 0.1) is 0 Å². The third kappa shape index (κ3) is 1.85. The molecule has 2 nitrogen and oxygen atoms in total. The van der Waals surface area contributed by atoms with Crippen LogP contribution in [0.1, 0.15) is 17.6 Å². The number of benzene rings is 1. The minimum Gasteiger partial charge on any atom is -0.458 e. The Morgan fingerprint density at radius 1 is 1.28 bits per heavy atom. The number of fused-ring (bicyclic) bond motifs is 1. The van der Waals surface area contributed by atoms with Crippen LogP contribution in [0.25, 0.3) is 11.0 Å². The molecule has 0 bridgehead atoms. The first-order valence-corrected chi connectivity index (χ1v) is 6.79. The molecule has 2 heterocycles. The lowest BCUT2D eigenvalue weighted by Gasteiger charge is -2.18. The van der Waals surface area contributed by atoms with E-state index >= 15 is 0 Å². The van der Waals surface area contributed by atoms with Gasteiger partial charge in [-0.2, -0.15) is 0 Å². The van der Waals surface area contributed by atoms with E-state index in [2.05, 4.69) is 0 Å². The van der Waals surface area contributed by atoms with Crippen molar-refractivity contribution in [3.8, 4) is 0 Å². The van der Waals surface area contributed by atoms with Gasteiger partial charge in [-0.25, -0.2) is 0 Å². The van der Waals surface area contributed by atoms with Crippen LogP contribution in [0.15, 0.2) is 46.2 Å². The predicted molar refractivity (Wildman–Crippen MR) is 74.2 cm³/mol. The van der Waals surface area contributed by atoms with Crippen LogP contribution in [-0.4, -0.2) is 5.11 Å². The highest BCUT2D eigenvalue weighted by Gasteiger charge is 2.30. The molecule has 2 aromatic heterocycles. The maximum atomic E-state index is 10.6. The summed E-state index contributed by atoms with van der Waals surface area (Å²) < 4.78 is 5.71. The fraction of sp³-hybridized carbons (Fsp3) is 0.143. The van der Waals surface area contributed by atoms with E-state index in [4.69, 9.17) is 16.0 Å². The molecule has 0 spiro atoms. The van der Waals surface area contributed by atoms with Crippen LogP contribution in [-0.2, 0) is 5.60 Å². The first kappa shape index (κ1) is 11.8. The average Bonchev–Trinajstić information content (AvgIpc) is 2.97. The average molecular weight is 279 g/mol. The summed E-state index contributed by atoms with van der Waals surface area (Å²) in [6.45, 7) is 1.73. The van der Waals surface area contributed by atoms with Gasteiger partial charge in [0, 0.05) is 15.3 Å². The third-order valence-corrected chi connectivity index (χ3v) is 4.27. The van der Waals surface area contributed by atoms with E-state index in [0.29, 0.717) is 10.8 Å². The first-order chi connectivity index (χ1) is 8.57. The van der Waals surface area contributed by atoms with Gasteiger partial charge in [0.1, 0.15) is 11.3 Å². The largest absolute Gasteiger partial charge is 0.458 e. The number of hydrogen-bond acceptors (Lipinski definition) is 3. The van der Waals surface area contributed by atoms with E-state index in [9.17, 15) is 5.11 Å². The van der Waals surface area contributed by atoms with Crippen molar-refractivity contribution in [3.63, 3.8) is 0 Å². The Balaban J connectivity index is 2.14. The fourth-order valence-corrected chi connectivity index (χ4v) is 2.90. The molecule has 0 aliphatic heterocycles. The second-order valence-corrected chi connectivity index (χ2v) is 5.73. The third-order valence-electron chi connectivity index (χ3n) is 2.96. The summed E-state index contributed by atoms with van der Waals surface area (Å²) in [5.41, 5.74) is -0.383. The van der Waals surface area contributed by atoms with E-state index in [0.717, 1.165) is 15.8 Å². The highest BCUT2D eigenvalue weighted by atomic mass is 35.5. The van der Waals surface area contributed by atoms with Crippen LogP contribution < -0.4 is 0 Å². The highest BCUT2D eigenvalue weighted by molar-refractivity contribution is 7.10. The van der Waals surface area contributed by atoms with Crippen LogP contribution in [0.2, 0.25) is 5.02 Å². The molecule has 0 aliphatic rings. The first-order valence-electron chi connectivity index (χ1n) is 5.53. The van der Waals surface area contributed by atoms with Crippen molar-refractivity contribution in [2.75, 3.05) is 0 Å². The molecule has 3 aromatic rings. The van der Waals surface area contributed by atoms with Gasteiger partial charge < -0.3 is 9.52 Å². The number of hydrogen-bond donors (Lipinski definition) is 1. The lowest BCUT2D eigenvalue weighted by Crippen LogP contribution is -2.20. The zero-order chi connectivity index (χ0) is 12.8. The van der Waals surface area contributed by atoms with Crippen molar-refractivity contribution in [3.05, 3.63) is 57.4 Å². The smallest absolute Gasteiger partial charge is 0.153 e. The molecule has 1 N–H and O–H groups in total. The van der Waals surface area contributed by atoms with E-state index < -0.39 is 5.60 Å². The molecule has 0 saturated carbocycles. The van der Waals surface area contributed by atoms with E-state index in [-0.39, 0.29) is 0 Å². The molecule has 1 aromatic carbocycles. The van der Waals surface area contributed by atoms with Gasteiger partial charge in [-0.3, -0.25) is 0 Å². The minimum atomic E-state index is -1.11. The molecule has 0 amide bonds. The van der Waals surface area contributed by atoms with Crippen molar-refractivity contribution in [1.82, 2.24) is 0 Å². The number of rotatable bonds is 2. The standard InChI is InChI=1S/C14H11ClO2S/c1-14(16,13-3-2-6-18-13)12-8-9-7-10(15)4-5-11(9)17-12/h2-8,16H,1H3. The predicted octanol–water partition coefficient (Wildman–Crippen LogP) is 4.40. The molecule has 0 aliphatic carbocycles. The maximum Gasteiger partial charge on any atom is 0.153 e. The van der Waals surface area contributed by atoms with Gasteiger partial charge >= 0.3 is 0 Å². The Hall–Kier alpha value is -1.29. The summed E-state index contributed by atoms with van der Waals surface area (Å²) in [6.07, 6.45) is 0. The lowest BCUT2D eigenvalue weighted by molar-refractivity contribution is 0.0824. The fourth-order valence-electron chi connectivity index (χ4n) is 1.93. The van der Waals surface area contributed by atoms with Crippen LogP contribution in [0.5, 0.6) is 0 Å². The SMILES string of the molecule is CC(O)(c1cc2cc(Cl)ccc2o1)c1cccs1. The minimum absolute atomic E-state index is 0.530. The molecule has 0 fully saturated rings. The van der Waals surface area contributed by atoms with Crippen molar-refractivity contribution < 1.29 is 9.52 Å². The van der Waals surface area contributed by atoms with Gasteiger partial charge in [0.25, 0.3) is 0 Å². The van der Waals surface area contributed by atoms with Crippen LogP contribution in [0.3, 0.4) is 0 Å². The van der Waals surface area contributed by atoms with E-state index in [1.54, 1.807) is 13.0 Å². The molecular formula is C14H11ClO2S. The lowest BCUT2D eigenvalue weighted by atomic mass is 10.0. The Bertz CT molecular complexity index is 683. The number of halogens is 1. The number of thiophene rings is 1. The van der Waals surface area contributed by atoms with Crippen molar-refractivity contribution in [1.29, 1.82) is 0 Å². The van der Waals surface area contributed by atoms with E-state index in [1.807, 2.05) is 35.7 Å². The normalized spacial score (nSPS) is 14.8. The molecular weight excluding hydrogens is 268 g/mol. The zero-order valence-corrected chi connectivity index (χ0v) is 11.3. The summed E-state index contributed by atoms with van der Waals surface area (Å²) >= 11 is 7.44. The van der Waals surface area contributed by atoms with E-state index in [1.165, 1.54) is 11.3 Å². The molecule has 4 heteroatoms. The summed E-state index contributed by atoms with van der Waals surface area (Å²) in [4.78, 5) is 0.854. The van der Waals surface area contributed by atoms with Gasteiger partial charge in [0.15, 0.2) is 5.60 Å². The quantitative estimate of drug-likeness (QED) is 0.753. The summed E-state index contributed by atoms with van der Waals surface area (Å²) in [5, 5.41) is 14.1. The Morgan fingerprint density at radius 3 is 2.83 bits per heavy atom. The second-order valence-electron chi connectivity index (χ2n) is 4.34. The molecule has 18 heavy (non-hydrogen) atoms. The van der Waals surface area contributed by atoms with Crippen molar-refractivity contribution in [2.24, 2.45) is 0 Å². The summed E-state index contributed by atoms with van der Waals surface area (Å²) in [7, 11) is 0. The van der Waals surface area contributed by atoms with Crippen LogP contribution in [0.4, 0.5) is 0 Å². The van der Waals surface area contributed by atoms with Crippen molar-refractivity contribution in [2.45, 2.75) is 12.5 Å². The molecule has 92 valence electrons. The number of furan rings is 1. The maximum absolute atomic E-state index is 10.6. The highest BCUT2D eigenvalue weighted by Crippen LogP contribution is 2.36.